The van der Waals surface area contributed by atoms with Gasteiger partial charge in [-0.1, -0.05) is 0 Å². The lowest BCUT2D eigenvalue weighted by Crippen LogP contribution is -2.24. The first kappa shape index (κ1) is 14.3. The predicted molar refractivity (Wildman–Crippen MR) is 58.1 cm³/mol. The van der Waals surface area contributed by atoms with Gasteiger partial charge >= 0.3 is 0 Å². The number of ether oxygens (including phenoxy) is 1. The van der Waals surface area contributed by atoms with Crippen LogP contribution in [-0.2, 0) is 14.4 Å². The Morgan fingerprint density at radius 2 is 1.93 bits per heavy atom. The van der Waals surface area contributed by atoms with E-state index < -0.39 is 0 Å². The van der Waals surface area contributed by atoms with E-state index in [1.54, 1.807) is 7.11 Å². The number of unbranched alkanes of at least 4 members (excludes halogenated alkanes) is 2. The maximum absolute atomic E-state index is 11.2. The molecular weight excluding hydrogens is 196 g/mol. The van der Waals surface area contributed by atoms with Gasteiger partial charge in [-0.3, -0.25) is 4.79 Å². The molecule has 3 N–H and O–H groups in total. The third-order valence-corrected chi connectivity index (χ3v) is 2.01. The summed E-state index contributed by atoms with van der Waals surface area (Å²) < 4.78 is 4.89. The van der Waals surface area contributed by atoms with Crippen LogP contribution in [0.15, 0.2) is 0 Å². The Balaban J connectivity index is 3.11. The molecule has 1 amide bonds. The monoisotopic (exact) mass is 218 g/mol. The van der Waals surface area contributed by atoms with Gasteiger partial charge in [-0.15, -0.1) is 0 Å². The highest BCUT2D eigenvalue weighted by Crippen LogP contribution is 1.95. The van der Waals surface area contributed by atoms with Crippen molar-refractivity contribution in [2.75, 3.05) is 26.9 Å². The molecule has 0 aliphatic heterocycles. The summed E-state index contributed by atoms with van der Waals surface area (Å²) in [7, 11) is 1.67. The van der Waals surface area contributed by atoms with Gasteiger partial charge in [0.05, 0.1) is 6.61 Å². The fourth-order valence-electron chi connectivity index (χ4n) is 1.16. The Labute approximate surface area is 91.3 Å². The van der Waals surface area contributed by atoms with Crippen molar-refractivity contribution in [1.82, 2.24) is 5.32 Å². The summed E-state index contributed by atoms with van der Waals surface area (Å²) in [5, 5.41) is 2.84. The molecule has 0 rings (SSSR count). The molecule has 15 heavy (non-hydrogen) atoms. The van der Waals surface area contributed by atoms with Crippen molar-refractivity contribution in [3.63, 3.8) is 0 Å². The van der Waals surface area contributed by atoms with Gasteiger partial charge in [-0.2, -0.15) is 0 Å². The summed E-state index contributed by atoms with van der Waals surface area (Å²) in [4.78, 5) is 15.6. The second-order valence-electron chi connectivity index (χ2n) is 3.38. The molecule has 0 bridgehead atoms. The standard InChI is InChI=1S/C10H22N2O3/c1-14-8-4-2-6-10(13)12-7-3-5-9-15-11/h2-9,11H2,1H3,(H,12,13). The SMILES string of the molecule is COCCCCC(=O)NCCCCON. The van der Waals surface area contributed by atoms with Crippen molar-refractivity contribution in [1.29, 1.82) is 0 Å². The lowest BCUT2D eigenvalue weighted by atomic mass is 10.2. The summed E-state index contributed by atoms with van der Waals surface area (Å²) >= 11 is 0. The fourth-order valence-corrected chi connectivity index (χ4v) is 1.16. The van der Waals surface area contributed by atoms with E-state index in [9.17, 15) is 4.79 Å². The van der Waals surface area contributed by atoms with E-state index in [0.29, 0.717) is 19.6 Å². The number of nitrogens with one attached hydrogen (secondary N) is 1. The summed E-state index contributed by atoms with van der Waals surface area (Å²) in [6, 6.07) is 0. The van der Waals surface area contributed by atoms with E-state index in [1.807, 2.05) is 0 Å². The summed E-state index contributed by atoms with van der Waals surface area (Å²) in [6.45, 7) is 1.97. The third-order valence-electron chi connectivity index (χ3n) is 2.01. The average Bonchev–Trinajstić information content (AvgIpc) is 2.24. The maximum atomic E-state index is 11.2. The van der Waals surface area contributed by atoms with Crippen LogP contribution in [-0.4, -0.2) is 32.8 Å². The van der Waals surface area contributed by atoms with Crippen molar-refractivity contribution in [3.8, 4) is 0 Å². The molecule has 0 saturated heterocycles. The summed E-state index contributed by atoms with van der Waals surface area (Å²) in [5.74, 6) is 4.98. The molecule has 0 aliphatic carbocycles. The van der Waals surface area contributed by atoms with Crippen LogP contribution < -0.4 is 11.2 Å². The van der Waals surface area contributed by atoms with Crippen LogP contribution >= 0.6 is 0 Å². The Bertz CT molecular complexity index is 154. The van der Waals surface area contributed by atoms with Crippen molar-refractivity contribution >= 4 is 5.91 Å². The normalized spacial score (nSPS) is 10.3. The molecule has 90 valence electrons. The van der Waals surface area contributed by atoms with Crippen LogP contribution in [0.3, 0.4) is 0 Å². The molecule has 0 atom stereocenters. The molecular formula is C10H22N2O3. The molecule has 0 radical (unpaired) electrons. The third kappa shape index (κ3) is 11.3. The molecule has 0 aromatic carbocycles. The highest BCUT2D eigenvalue weighted by molar-refractivity contribution is 5.75. The van der Waals surface area contributed by atoms with Crippen LogP contribution in [0.25, 0.3) is 0 Å². The second-order valence-corrected chi connectivity index (χ2v) is 3.38. The quantitative estimate of drug-likeness (QED) is 0.416. The van der Waals surface area contributed by atoms with Crippen LogP contribution in [0.1, 0.15) is 32.1 Å². The minimum Gasteiger partial charge on any atom is -0.385 e. The number of carbonyl (C=O) groups excluding carboxylic acids is 1. The summed E-state index contributed by atoms with van der Waals surface area (Å²) in [5.41, 5.74) is 0. The minimum atomic E-state index is 0.111. The first-order chi connectivity index (χ1) is 7.31. The van der Waals surface area contributed by atoms with Gasteiger partial charge in [0.25, 0.3) is 0 Å². The number of amides is 1. The number of rotatable bonds is 10. The highest BCUT2D eigenvalue weighted by Gasteiger charge is 1.99. The van der Waals surface area contributed by atoms with Crippen LogP contribution in [0.5, 0.6) is 0 Å². The van der Waals surface area contributed by atoms with E-state index in [0.717, 1.165) is 32.3 Å². The molecule has 0 aromatic heterocycles. The van der Waals surface area contributed by atoms with E-state index in [4.69, 9.17) is 10.6 Å². The van der Waals surface area contributed by atoms with Gasteiger partial charge in [0.2, 0.25) is 5.91 Å². The first-order valence-corrected chi connectivity index (χ1v) is 5.38. The molecule has 0 aromatic rings. The van der Waals surface area contributed by atoms with E-state index >= 15 is 0 Å². The number of methoxy groups -OCH3 is 1. The molecule has 0 unspecified atom stereocenters. The lowest BCUT2D eigenvalue weighted by molar-refractivity contribution is -0.121. The summed E-state index contributed by atoms with van der Waals surface area (Å²) in [6.07, 6.45) is 4.18. The number of hydrogen-bond donors (Lipinski definition) is 2. The average molecular weight is 218 g/mol. The number of carbonyl (C=O) groups is 1. The zero-order valence-electron chi connectivity index (χ0n) is 9.46. The zero-order chi connectivity index (χ0) is 11.4. The predicted octanol–water partition coefficient (Wildman–Crippen LogP) is 0.590. The van der Waals surface area contributed by atoms with Gasteiger partial charge in [0.15, 0.2) is 0 Å². The molecule has 0 spiro atoms. The zero-order valence-corrected chi connectivity index (χ0v) is 9.46. The molecule has 5 heteroatoms. The molecule has 0 fully saturated rings. The first-order valence-electron chi connectivity index (χ1n) is 5.38. The Morgan fingerprint density at radius 3 is 2.60 bits per heavy atom. The van der Waals surface area contributed by atoms with Crippen molar-refractivity contribution in [2.45, 2.75) is 32.1 Å². The second kappa shape index (κ2) is 11.4. The highest BCUT2D eigenvalue weighted by atomic mass is 16.6. The molecule has 5 nitrogen and oxygen atoms in total. The Kier molecular flexibility index (Phi) is 10.9. The fraction of sp³-hybridized carbons (Fsp3) is 0.900. The van der Waals surface area contributed by atoms with E-state index in [1.165, 1.54) is 0 Å². The molecule has 0 heterocycles. The van der Waals surface area contributed by atoms with Crippen LogP contribution in [0.2, 0.25) is 0 Å². The minimum absolute atomic E-state index is 0.111. The topological polar surface area (TPSA) is 73.6 Å². The largest absolute Gasteiger partial charge is 0.385 e. The van der Waals surface area contributed by atoms with Gasteiger partial charge in [0.1, 0.15) is 0 Å². The van der Waals surface area contributed by atoms with Gasteiger partial charge < -0.3 is 14.9 Å². The smallest absolute Gasteiger partial charge is 0.219 e. The Morgan fingerprint density at radius 1 is 1.20 bits per heavy atom. The van der Waals surface area contributed by atoms with Crippen molar-refractivity contribution in [2.24, 2.45) is 5.90 Å². The van der Waals surface area contributed by atoms with Crippen molar-refractivity contribution in [3.05, 3.63) is 0 Å². The number of hydrogen-bond acceptors (Lipinski definition) is 4. The van der Waals surface area contributed by atoms with E-state index in [2.05, 4.69) is 10.2 Å². The Hall–Kier alpha value is -0.650. The van der Waals surface area contributed by atoms with Gasteiger partial charge in [0, 0.05) is 26.7 Å². The number of nitrogens with two attached hydrogens (primary N) is 1. The van der Waals surface area contributed by atoms with Crippen LogP contribution in [0, 0.1) is 0 Å². The molecule has 0 aliphatic rings. The van der Waals surface area contributed by atoms with Gasteiger partial charge in [-0.25, -0.2) is 5.90 Å². The van der Waals surface area contributed by atoms with Crippen molar-refractivity contribution < 1.29 is 14.4 Å². The van der Waals surface area contributed by atoms with Gasteiger partial charge in [-0.05, 0) is 25.7 Å². The van der Waals surface area contributed by atoms with Crippen LogP contribution in [0.4, 0.5) is 0 Å². The lowest BCUT2D eigenvalue weighted by Gasteiger charge is -2.04. The molecule has 0 saturated carbocycles. The maximum Gasteiger partial charge on any atom is 0.219 e. The van der Waals surface area contributed by atoms with E-state index in [-0.39, 0.29) is 5.91 Å².